The molecule has 1 aliphatic heterocycles. The molecule has 0 saturated carbocycles. The lowest BCUT2D eigenvalue weighted by Gasteiger charge is -2.22. The summed E-state index contributed by atoms with van der Waals surface area (Å²) in [5.41, 5.74) is 1.32. The number of benzene rings is 1. The lowest BCUT2D eigenvalue weighted by molar-refractivity contribution is 0.0337. The number of ketones is 1. The second kappa shape index (κ2) is 3.54. The van der Waals surface area contributed by atoms with Crippen molar-refractivity contribution in [1.82, 2.24) is 0 Å². The van der Waals surface area contributed by atoms with Crippen LogP contribution in [0.15, 0.2) is 12.1 Å². The molecule has 0 bridgehead atoms. The van der Waals surface area contributed by atoms with Crippen LogP contribution in [0.5, 0.6) is 0 Å². The second-order valence-electron chi connectivity index (χ2n) is 3.23. The van der Waals surface area contributed by atoms with E-state index in [1.165, 1.54) is 0 Å². The molecule has 0 amide bonds. The van der Waals surface area contributed by atoms with Crippen molar-refractivity contribution in [2.45, 2.75) is 19.6 Å². The van der Waals surface area contributed by atoms with E-state index in [9.17, 15) is 4.79 Å². The van der Waals surface area contributed by atoms with Gasteiger partial charge in [0.05, 0.1) is 6.61 Å². The molecule has 0 spiro atoms. The zero-order chi connectivity index (χ0) is 10.3. The summed E-state index contributed by atoms with van der Waals surface area (Å²) in [5, 5.41) is 0.976. The Labute approximate surface area is 91.8 Å². The SMILES string of the molecule is CC1OCc2c(Cl)cc(Cl)cc2C1=O. The van der Waals surface area contributed by atoms with Gasteiger partial charge < -0.3 is 4.74 Å². The number of carbonyl (C=O) groups is 1. The second-order valence-corrected chi connectivity index (χ2v) is 4.07. The van der Waals surface area contributed by atoms with Gasteiger partial charge in [-0.25, -0.2) is 0 Å². The average Bonchev–Trinajstić information content (AvgIpc) is 2.12. The van der Waals surface area contributed by atoms with Gasteiger partial charge in [-0.3, -0.25) is 4.79 Å². The third kappa shape index (κ3) is 1.54. The first kappa shape index (κ1) is 9.97. The third-order valence-electron chi connectivity index (χ3n) is 2.27. The largest absolute Gasteiger partial charge is 0.366 e. The Morgan fingerprint density at radius 1 is 1.43 bits per heavy atom. The van der Waals surface area contributed by atoms with E-state index >= 15 is 0 Å². The van der Waals surface area contributed by atoms with Crippen LogP contribution in [-0.2, 0) is 11.3 Å². The quantitative estimate of drug-likeness (QED) is 0.685. The fraction of sp³-hybridized carbons (Fsp3) is 0.300. The monoisotopic (exact) mass is 230 g/mol. The Morgan fingerprint density at radius 2 is 2.14 bits per heavy atom. The molecule has 0 saturated heterocycles. The lowest BCUT2D eigenvalue weighted by Crippen LogP contribution is -2.27. The molecule has 74 valence electrons. The van der Waals surface area contributed by atoms with Crippen molar-refractivity contribution in [3.8, 4) is 0 Å². The van der Waals surface area contributed by atoms with E-state index in [1.807, 2.05) is 0 Å². The summed E-state index contributed by atoms with van der Waals surface area (Å²) >= 11 is 11.8. The van der Waals surface area contributed by atoms with E-state index in [0.29, 0.717) is 22.2 Å². The predicted molar refractivity (Wildman–Crippen MR) is 55.0 cm³/mol. The molecule has 2 nitrogen and oxygen atoms in total. The molecule has 4 heteroatoms. The maximum atomic E-state index is 11.7. The van der Waals surface area contributed by atoms with Crippen LogP contribution in [0.2, 0.25) is 10.0 Å². The first-order valence-electron chi connectivity index (χ1n) is 4.23. The molecular weight excluding hydrogens is 223 g/mol. The van der Waals surface area contributed by atoms with Crippen molar-refractivity contribution < 1.29 is 9.53 Å². The normalized spacial score (nSPS) is 20.8. The molecule has 0 N–H and O–H groups in total. The van der Waals surface area contributed by atoms with Gasteiger partial charge in [-0.15, -0.1) is 0 Å². The molecule has 14 heavy (non-hydrogen) atoms. The molecule has 1 atom stereocenters. The highest BCUT2D eigenvalue weighted by Crippen LogP contribution is 2.30. The van der Waals surface area contributed by atoms with Crippen molar-refractivity contribution in [2.24, 2.45) is 0 Å². The van der Waals surface area contributed by atoms with Gasteiger partial charge in [0.2, 0.25) is 0 Å². The number of hydrogen-bond acceptors (Lipinski definition) is 2. The maximum absolute atomic E-state index is 11.7. The number of fused-ring (bicyclic) bond motifs is 1. The number of ether oxygens (including phenoxy) is 1. The summed E-state index contributed by atoms with van der Waals surface area (Å²) in [6.07, 6.45) is -0.406. The van der Waals surface area contributed by atoms with Gasteiger partial charge in [0.25, 0.3) is 0 Å². The van der Waals surface area contributed by atoms with Gasteiger partial charge in [-0.1, -0.05) is 23.2 Å². The standard InChI is InChI=1S/C10H8Cl2O2/c1-5-10(13)7-2-6(11)3-9(12)8(7)4-14-5/h2-3,5H,4H2,1H3. The summed E-state index contributed by atoms with van der Waals surface area (Å²) < 4.78 is 5.26. The van der Waals surface area contributed by atoms with Crippen LogP contribution < -0.4 is 0 Å². The topological polar surface area (TPSA) is 26.3 Å². The van der Waals surface area contributed by atoms with Gasteiger partial charge in [0.15, 0.2) is 5.78 Å². The Hall–Kier alpha value is -0.570. The Bertz CT molecular complexity index is 401. The highest BCUT2D eigenvalue weighted by atomic mass is 35.5. The van der Waals surface area contributed by atoms with Crippen LogP contribution in [0.25, 0.3) is 0 Å². The van der Waals surface area contributed by atoms with Crippen LogP contribution in [0, 0.1) is 0 Å². The van der Waals surface area contributed by atoms with Crippen molar-refractivity contribution in [3.05, 3.63) is 33.3 Å². The fourth-order valence-electron chi connectivity index (χ4n) is 1.47. The zero-order valence-electron chi connectivity index (χ0n) is 7.51. The van der Waals surface area contributed by atoms with E-state index in [1.54, 1.807) is 19.1 Å². The fourth-order valence-corrected chi connectivity index (χ4v) is 2.02. The van der Waals surface area contributed by atoms with Gasteiger partial charge in [0.1, 0.15) is 6.10 Å². The van der Waals surface area contributed by atoms with E-state index in [4.69, 9.17) is 27.9 Å². The molecule has 2 rings (SSSR count). The van der Waals surface area contributed by atoms with Crippen molar-refractivity contribution in [1.29, 1.82) is 0 Å². The van der Waals surface area contributed by atoms with Crippen molar-refractivity contribution in [3.63, 3.8) is 0 Å². The summed E-state index contributed by atoms with van der Waals surface area (Å²) in [7, 11) is 0. The van der Waals surface area contributed by atoms with E-state index in [-0.39, 0.29) is 5.78 Å². The molecule has 1 heterocycles. The molecule has 1 unspecified atom stereocenters. The van der Waals surface area contributed by atoms with Crippen LogP contribution in [0.4, 0.5) is 0 Å². The van der Waals surface area contributed by atoms with Crippen LogP contribution in [0.3, 0.4) is 0 Å². The predicted octanol–water partition coefficient (Wildman–Crippen LogP) is 3.09. The number of carbonyl (C=O) groups excluding carboxylic acids is 1. The van der Waals surface area contributed by atoms with Crippen LogP contribution in [-0.4, -0.2) is 11.9 Å². The maximum Gasteiger partial charge on any atom is 0.191 e. The first-order chi connectivity index (χ1) is 6.59. The molecule has 0 aliphatic carbocycles. The molecule has 1 aliphatic rings. The first-order valence-corrected chi connectivity index (χ1v) is 4.99. The van der Waals surface area contributed by atoms with Gasteiger partial charge in [-0.2, -0.15) is 0 Å². The lowest BCUT2D eigenvalue weighted by atomic mass is 9.98. The van der Waals surface area contributed by atoms with Crippen molar-refractivity contribution >= 4 is 29.0 Å². The highest BCUT2D eigenvalue weighted by Gasteiger charge is 2.26. The molecule has 0 aromatic heterocycles. The van der Waals surface area contributed by atoms with Crippen LogP contribution >= 0.6 is 23.2 Å². The van der Waals surface area contributed by atoms with E-state index in [0.717, 1.165) is 5.56 Å². The zero-order valence-corrected chi connectivity index (χ0v) is 9.02. The van der Waals surface area contributed by atoms with E-state index in [2.05, 4.69) is 0 Å². The smallest absolute Gasteiger partial charge is 0.191 e. The third-order valence-corrected chi connectivity index (χ3v) is 2.83. The van der Waals surface area contributed by atoms with Crippen molar-refractivity contribution in [2.75, 3.05) is 0 Å². The number of halogens is 2. The molecule has 0 fully saturated rings. The summed E-state index contributed by atoms with van der Waals surface area (Å²) in [6, 6.07) is 3.26. The van der Waals surface area contributed by atoms with Gasteiger partial charge >= 0.3 is 0 Å². The number of Topliss-reactive ketones (excluding diaryl/α,β-unsaturated/α-hetero) is 1. The Morgan fingerprint density at radius 3 is 2.86 bits per heavy atom. The number of hydrogen-bond donors (Lipinski definition) is 0. The summed E-state index contributed by atoms with van der Waals surface area (Å²) in [6.45, 7) is 2.10. The van der Waals surface area contributed by atoms with Gasteiger partial charge in [0, 0.05) is 21.2 Å². The molecule has 1 aromatic carbocycles. The Kier molecular flexibility index (Phi) is 2.52. The minimum atomic E-state index is -0.406. The Balaban J connectivity index is 2.60. The molecular formula is C10H8Cl2O2. The van der Waals surface area contributed by atoms with Gasteiger partial charge in [-0.05, 0) is 19.1 Å². The average molecular weight is 231 g/mol. The summed E-state index contributed by atoms with van der Waals surface area (Å²) in [5.74, 6) is -0.0596. The van der Waals surface area contributed by atoms with Crippen LogP contribution in [0.1, 0.15) is 22.8 Å². The highest BCUT2D eigenvalue weighted by molar-refractivity contribution is 6.36. The summed E-state index contributed by atoms with van der Waals surface area (Å²) in [4.78, 5) is 11.7. The minimum absolute atomic E-state index is 0.0596. The number of rotatable bonds is 0. The minimum Gasteiger partial charge on any atom is -0.366 e. The molecule has 1 aromatic rings. The van der Waals surface area contributed by atoms with E-state index < -0.39 is 6.10 Å². The molecule has 0 radical (unpaired) electrons.